The molecule has 118 valence electrons. The lowest BCUT2D eigenvalue weighted by Crippen LogP contribution is -2.40. The van der Waals surface area contributed by atoms with Gasteiger partial charge in [0, 0.05) is 12.1 Å². The average molecular weight is 345 g/mol. The molecular formula is C9H10F3N3O4S2. The molecule has 0 amide bonds. The maximum Gasteiger partial charge on any atom is 0.402 e. The van der Waals surface area contributed by atoms with Crippen LogP contribution in [0.5, 0.6) is 0 Å². The lowest BCUT2D eigenvalue weighted by atomic mass is 10.5. The smallest absolute Gasteiger partial charge is 0.385 e. The van der Waals surface area contributed by atoms with E-state index < -0.39 is 43.6 Å². The van der Waals surface area contributed by atoms with Crippen LogP contribution in [0.4, 0.5) is 23.9 Å². The molecule has 0 unspecified atom stereocenters. The molecular weight excluding hydrogens is 335 g/mol. The Morgan fingerprint density at radius 1 is 1.48 bits per heavy atom. The topological polar surface area (TPSA) is 107 Å². The van der Waals surface area contributed by atoms with Gasteiger partial charge in [-0.3, -0.25) is 10.1 Å². The number of nitrogens with zero attached hydrogens (tertiary/aromatic N) is 2. The van der Waals surface area contributed by atoms with Crippen molar-refractivity contribution < 1.29 is 26.5 Å². The number of hydrogen-bond acceptors (Lipinski definition) is 6. The highest BCUT2D eigenvalue weighted by Gasteiger charge is 2.45. The molecule has 2 N–H and O–H groups in total. The summed E-state index contributed by atoms with van der Waals surface area (Å²) in [5.41, 5.74) is 4.71. The summed E-state index contributed by atoms with van der Waals surface area (Å²) >= 11 is 0.388. The summed E-state index contributed by atoms with van der Waals surface area (Å²) in [6, 6.07) is -0.0276. The van der Waals surface area contributed by atoms with Gasteiger partial charge in [-0.2, -0.15) is 17.5 Å². The number of thiophene rings is 1. The Bertz CT molecular complexity index is 666. The largest absolute Gasteiger partial charge is 0.402 e. The monoisotopic (exact) mass is 345 g/mol. The minimum Gasteiger partial charge on any atom is -0.385 e. The number of nitro groups is 1. The van der Waals surface area contributed by atoms with Gasteiger partial charge in [-0.15, -0.1) is 0 Å². The maximum absolute atomic E-state index is 12.5. The second-order valence-corrected chi connectivity index (χ2v) is 7.67. The van der Waals surface area contributed by atoms with Gasteiger partial charge in [0.25, 0.3) is 10.0 Å². The van der Waals surface area contributed by atoms with Crippen LogP contribution in [0.1, 0.15) is 12.8 Å². The average Bonchev–Trinajstić information content (AvgIpc) is 3.06. The molecule has 0 bridgehead atoms. The number of hydrogen-bond donors (Lipinski definition) is 1. The number of sulfonamides is 1. The number of rotatable bonds is 5. The molecule has 1 aliphatic carbocycles. The van der Waals surface area contributed by atoms with Gasteiger partial charge >= 0.3 is 11.9 Å². The highest BCUT2D eigenvalue weighted by molar-refractivity contribution is 7.91. The molecule has 1 aromatic rings. The zero-order chi connectivity index (χ0) is 16.0. The van der Waals surface area contributed by atoms with Crippen molar-refractivity contribution in [1.82, 2.24) is 4.31 Å². The molecule has 0 radical (unpaired) electrons. The summed E-state index contributed by atoms with van der Waals surface area (Å²) in [7, 11) is -4.46. The summed E-state index contributed by atoms with van der Waals surface area (Å²) in [5, 5.41) is 10.3. The maximum atomic E-state index is 12.5. The first-order chi connectivity index (χ1) is 9.52. The predicted octanol–water partition coefficient (Wildman–Crippen LogP) is 1.95. The van der Waals surface area contributed by atoms with E-state index >= 15 is 0 Å². The van der Waals surface area contributed by atoms with Gasteiger partial charge in [-0.1, -0.05) is 11.3 Å². The molecule has 0 atom stereocenters. The van der Waals surface area contributed by atoms with E-state index in [9.17, 15) is 31.7 Å². The molecule has 7 nitrogen and oxygen atoms in total. The van der Waals surface area contributed by atoms with Crippen LogP contribution < -0.4 is 5.73 Å². The minimum atomic E-state index is -4.69. The van der Waals surface area contributed by atoms with Gasteiger partial charge in [0.15, 0.2) is 5.00 Å². The lowest BCUT2D eigenvalue weighted by Gasteiger charge is -2.22. The van der Waals surface area contributed by atoms with E-state index in [0.717, 1.165) is 0 Å². The van der Waals surface area contributed by atoms with Crippen molar-refractivity contribution in [3.63, 3.8) is 0 Å². The molecule has 21 heavy (non-hydrogen) atoms. The van der Waals surface area contributed by atoms with Crippen molar-refractivity contribution in [2.75, 3.05) is 12.3 Å². The Balaban J connectivity index is 2.39. The number of nitrogen functional groups attached to an aromatic ring is 1. The second kappa shape index (κ2) is 5.10. The third kappa shape index (κ3) is 3.44. The zero-order valence-corrected chi connectivity index (χ0v) is 12.0. The molecule has 2 rings (SSSR count). The van der Waals surface area contributed by atoms with E-state index in [1.54, 1.807) is 0 Å². The van der Waals surface area contributed by atoms with Crippen molar-refractivity contribution >= 4 is 32.0 Å². The van der Waals surface area contributed by atoms with E-state index in [0.29, 0.717) is 34.6 Å². The Kier molecular flexibility index (Phi) is 3.88. The molecule has 1 fully saturated rings. The Labute approximate surface area is 121 Å². The Morgan fingerprint density at radius 3 is 2.43 bits per heavy atom. The molecule has 0 spiro atoms. The quantitative estimate of drug-likeness (QED) is 0.648. The molecule has 12 heteroatoms. The predicted molar refractivity (Wildman–Crippen MR) is 68.4 cm³/mol. The van der Waals surface area contributed by atoms with Crippen LogP contribution in [0.25, 0.3) is 0 Å². The van der Waals surface area contributed by atoms with Gasteiger partial charge in [0.05, 0.1) is 4.92 Å². The second-order valence-electron chi connectivity index (χ2n) is 4.47. The first kappa shape index (κ1) is 16.0. The zero-order valence-electron chi connectivity index (χ0n) is 10.3. The van der Waals surface area contributed by atoms with Crippen molar-refractivity contribution in [3.8, 4) is 0 Å². The van der Waals surface area contributed by atoms with E-state index in [2.05, 4.69) is 0 Å². The molecule has 1 aromatic heterocycles. The first-order valence-electron chi connectivity index (χ1n) is 5.64. The Morgan fingerprint density at radius 2 is 2.05 bits per heavy atom. The van der Waals surface area contributed by atoms with E-state index in [1.165, 1.54) is 0 Å². The van der Waals surface area contributed by atoms with Crippen LogP contribution in [0, 0.1) is 10.1 Å². The van der Waals surface area contributed by atoms with Gasteiger partial charge in [-0.05, 0) is 12.8 Å². The lowest BCUT2D eigenvalue weighted by molar-refractivity contribution is -0.383. The van der Waals surface area contributed by atoms with Gasteiger partial charge in [-0.25, -0.2) is 8.42 Å². The summed E-state index contributed by atoms with van der Waals surface area (Å²) in [4.78, 5) is 9.77. The molecule has 0 saturated heterocycles. The number of halogens is 3. The summed E-state index contributed by atoms with van der Waals surface area (Å²) in [6.45, 7) is -1.62. The SMILES string of the molecule is Nc1sc(S(=O)(=O)N(CC(F)(F)F)C2CC2)cc1[N+](=O)[O-]. The summed E-state index contributed by atoms with van der Waals surface area (Å²) < 4.78 is 61.8. The highest BCUT2D eigenvalue weighted by atomic mass is 32.2. The first-order valence-corrected chi connectivity index (χ1v) is 7.90. The van der Waals surface area contributed by atoms with Gasteiger partial charge in [0.2, 0.25) is 0 Å². The standard InChI is InChI=1S/C9H10F3N3O4S2/c10-9(11,12)4-14(5-1-2-5)21(18,19)7-3-6(15(16)17)8(13)20-7/h3,5H,1-2,4,13H2. The van der Waals surface area contributed by atoms with E-state index in [4.69, 9.17) is 5.73 Å². The minimum absolute atomic E-state index is 0.332. The summed E-state index contributed by atoms with van der Waals surface area (Å²) in [5.74, 6) is 0. The van der Waals surface area contributed by atoms with Crippen molar-refractivity contribution in [2.45, 2.75) is 29.3 Å². The van der Waals surface area contributed by atoms with Crippen molar-refractivity contribution in [3.05, 3.63) is 16.2 Å². The number of alkyl halides is 3. The van der Waals surface area contributed by atoms with Crippen molar-refractivity contribution in [2.24, 2.45) is 0 Å². The normalized spacial score (nSPS) is 16.4. The van der Waals surface area contributed by atoms with Crippen LogP contribution >= 0.6 is 11.3 Å². The molecule has 1 heterocycles. The molecule has 1 saturated carbocycles. The fourth-order valence-electron chi connectivity index (χ4n) is 1.71. The van der Waals surface area contributed by atoms with Gasteiger partial charge < -0.3 is 5.73 Å². The number of nitrogens with two attached hydrogens (primary N) is 1. The van der Waals surface area contributed by atoms with Crippen LogP contribution in [0.3, 0.4) is 0 Å². The Hall–Kier alpha value is -1.40. The van der Waals surface area contributed by atoms with Crippen molar-refractivity contribution in [1.29, 1.82) is 0 Å². The van der Waals surface area contributed by atoms with E-state index in [1.807, 2.05) is 0 Å². The van der Waals surface area contributed by atoms with E-state index in [-0.39, 0.29) is 5.00 Å². The van der Waals surface area contributed by atoms with Crippen LogP contribution in [0.2, 0.25) is 0 Å². The van der Waals surface area contributed by atoms with Crippen LogP contribution in [0.15, 0.2) is 10.3 Å². The fourth-order valence-corrected chi connectivity index (χ4v) is 4.72. The molecule has 0 aliphatic heterocycles. The highest BCUT2D eigenvalue weighted by Crippen LogP contribution is 2.40. The van der Waals surface area contributed by atoms with Crippen LogP contribution in [-0.4, -0.2) is 36.4 Å². The molecule has 0 aromatic carbocycles. The summed E-state index contributed by atoms with van der Waals surface area (Å²) in [6.07, 6.45) is -4.03. The molecule has 1 aliphatic rings. The fraction of sp³-hybridized carbons (Fsp3) is 0.556. The van der Waals surface area contributed by atoms with Crippen LogP contribution in [-0.2, 0) is 10.0 Å². The van der Waals surface area contributed by atoms with Gasteiger partial charge in [0.1, 0.15) is 10.8 Å². The third-order valence-electron chi connectivity index (χ3n) is 2.77. The number of anilines is 1. The third-order valence-corrected chi connectivity index (χ3v) is 6.07.